The number of hydrogen-bond donors (Lipinski definition) is 1. The molecule has 2 rings (SSSR count). The van der Waals surface area contributed by atoms with E-state index in [-0.39, 0.29) is 11.6 Å². The molecule has 0 radical (unpaired) electrons. The lowest BCUT2D eigenvalue weighted by Gasteiger charge is -2.46. The van der Waals surface area contributed by atoms with Gasteiger partial charge in [-0.05, 0) is 19.1 Å². The van der Waals surface area contributed by atoms with Crippen LogP contribution < -0.4 is 14.8 Å². The Morgan fingerprint density at radius 2 is 1.95 bits per heavy atom. The summed E-state index contributed by atoms with van der Waals surface area (Å²) in [6, 6.07) is 5.08. The number of nitrogens with one attached hydrogen (secondary N) is 1. The number of likely N-dealkylation sites (tertiary alicyclic amines) is 1. The van der Waals surface area contributed by atoms with E-state index in [1.165, 1.54) is 0 Å². The normalized spacial score (nSPS) is 16.3. The molecule has 1 aliphatic heterocycles. The average molecular weight is 280 g/mol. The summed E-state index contributed by atoms with van der Waals surface area (Å²) >= 11 is 0. The molecular weight excluding hydrogens is 260 g/mol. The monoisotopic (exact) mass is 280 g/mol. The number of methoxy groups -OCH3 is 3. The van der Waals surface area contributed by atoms with Crippen LogP contribution in [0.15, 0.2) is 18.2 Å². The molecule has 0 saturated carbocycles. The van der Waals surface area contributed by atoms with Gasteiger partial charge in [0.15, 0.2) is 0 Å². The summed E-state index contributed by atoms with van der Waals surface area (Å²) in [5, 5.41) is 2.83. The van der Waals surface area contributed by atoms with Gasteiger partial charge < -0.3 is 24.4 Å². The Kier molecular flexibility index (Phi) is 4.04. The van der Waals surface area contributed by atoms with Crippen LogP contribution in [0.4, 0.5) is 10.5 Å². The standard InChI is InChI=1S/C14H20N2O4/c1-14(20-4)8-16(9-14)13(17)15-11-7-10(18-2)5-6-12(11)19-3/h5-7H,8-9H2,1-4H3,(H,15,17). The van der Waals surface area contributed by atoms with Crippen molar-refractivity contribution in [3.63, 3.8) is 0 Å². The van der Waals surface area contributed by atoms with Gasteiger partial charge in [-0.2, -0.15) is 0 Å². The SMILES string of the molecule is COc1ccc(OC)c(NC(=O)N2CC(C)(OC)C2)c1. The Labute approximate surface area is 118 Å². The topological polar surface area (TPSA) is 60.0 Å². The smallest absolute Gasteiger partial charge is 0.322 e. The van der Waals surface area contributed by atoms with Crippen molar-refractivity contribution < 1.29 is 19.0 Å². The van der Waals surface area contributed by atoms with Crippen molar-refractivity contribution in [2.24, 2.45) is 0 Å². The third-order valence-electron chi connectivity index (χ3n) is 3.48. The summed E-state index contributed by atoms with van der Waals surface area (Å²) in [5.74, 6) is 1.25. The van der Waals surface area contributed by atoms with Crippen LogP contribution in [0.5, 0.6) is 11.5 Å². The Balaban J connectivity index is 2.04. The van der Waals surface area contributed by atoms with Crippen molar-refractivity contribution in [1.29, 1.82) is 0 Å². The van der Waals surface area contributed by atoms with E-state index >= 15 is 0 Å². The van der Waals surface area contributed by atoms with Crippen LogP contribution in [-0.4, -0.2) is 51.0 Å². The van der Waals surface area contributed by atoms with Gasteiger partial charge in [0.2, 0.25) is 0 Å². The fraction of sp³-hybridized carbons (Fsp3) is 0.500. The maximum absolute atomic E-state index is 12.1. The molecule has 0 spiro atoms. The predicted molar refractivity (Wildman–Crippen MR) is 75.6 cm³/mol. The minimum atomic E-state index is -0.240. The van der Waals surface area contributed by atoms with Gasteiger partial charge >= 0.3 is 6.03 Å². The number of anilines is 1. The molecule has 1 fully saturated rings. The zero-order valence-electron chi connectivity index (χ0n) is 12.2. The van der Waals surface area contributed by atoms with Crippen molar-refractivity contribution in [2.75, 3.05) is 39.7 Å². The van der Waals surface area contributed by atoms with E-state index in [2.05, 4.69) is 5.32 Å². The van der Waals surface area contributed by atoms with Gasteiger partial charge in [-0.3, -0.25) is 0 Å². The van der Waals surface area contributed by atoms with Crippen molar-refractivity contribution in [2.45, 2.75) is 12.5 Å². The van der Waals surface area contributed by atoms with Gasteiger partial charge in [0.05, 0.1) is 33.0 Å². The van der Waals surface area contributed by atoms with Crippen LogP contribution in [-0.2, 0) is 4.74 Å². The summed E-state index contributed by atoms with van der Waals surface area (Å²) in [5.41, 5.74) is 0.346. The number of amides is 2. The van der Waals surface area contributed by atoms with E-state index in [9.17, 15) is 4.79 Å². The van der Waals surface area contributed by atoms with Crippen LogP contribution in [0.3, 0.4) is 0 Å². The minimum absolute atomic E-state index is 0.175. The molecule has 0 bridgehead atoms. The Bertz CT molecular complexity index is 498. The second-order valence-corrected chi connectivity index (χ2v) is 5.01. The number of carbonyl (C=O) groups excluding carboxylic acids is 1. The number of nitrogens with zero attached hydrogens (tertiary/aromatic N) is 1. The molecule has 1 aromatic rings. The summed E-state index contributed by atoms with van der Waals surface area (Å²) in [6.45, 7) is 3.12. The zero-order valence-corrected chi connectivity index (χ0v) is 12.2. The molecule has 0 aromatic heterocycles. The Morgan fingerprint density at radius 1 is 1.25 bits per heavy atom. The van der Waals surface area contributed by atoms with Crippen LogP contribution in [0.25, 0.3) is 0 Å². The fourth-order valence-electron chi connectivity index (χ4n) is 2.14. The van der Waals surface area contributed by atoms with E-state index in [0.717, 1.165) is 0 Å². The Hall–Kier alpha value is -1.95. The van der Waals surface area contributed by atoms with Crippen molar-refractivity contribution in [1.82, 2.24) is 4.90 Å². The zero-order chi connectivity index (χ0) is 14.8. The number of ether oxygens (including phenoxy) is 3. The lowest BCUT2D eigenvalue weighted by molar-refractivity contribution is -0.0891. The molecule has 1 aromatic carbocycles. The molecule has 6 heteroatoms. The third kappa shape index (κ3) is 2.80. The summed E-state index contributed by atoms with van der Waals surface area (Å²) in [6.07, 6.45) is 0. The molecule has 0 atom stereocenters. The molecule has 6 nitrogen and oxygen atoms in total. The quantitative estimate of drug-likeness (QED) is 0.916. The molecule has 1 heterocycles. The predicted octanol–water partition coefficient (Wildman–Crippen LogP) is 1.96. The first kappa shape index (κ1) is 14.5. The molecule has 20 heavy (non-hydrogen) atoms. The number of hydrogen-bond acceptors (Lipinski definition) is 4. The first-order valence-electron chi connectivity index (χ1n) is 6.34. The first-order chi connectivity index (χ1) is 9.51. The molecule has 0 unspecified atom stereocenters. The summed E-state index contributed by atoms with van der Waals surface area (Å²) < 4.78 is 15.7. The van der Waals surface area contributed by atoms with E-state index in [4.69, 9.17) is 14.2 Å². The van der Waals surface area contributed by atoms with E-state index in [1.807, 2.05) is 6.92 Å². The molecule has 2 amide bonds. The van der Waals surface area contributed by atoms with Crippen molar-refractivity contribution in [3.8, 4) is 11.5 Å². The molecule has 1 saturated heterocycles. The minimum Gasteiger partial charge on any atom is -0.497 e. The highest BCUT2D eigenvalue weighted by atomic mass is 16.5. The number of rotatable bonds is 4. The lowest BCUT2D eigenvalue weighted by Crippen LogP contribution is -2.63. The van der Waals surface area contributed by atoms with Gasteiger partial charge in [-0.25, -0.2) is 4.79 Å². The number of urea groups is 1. The highest BCUT2D eigenvalue weighted by Crippen LogP contribution is 2.30. The largest absolute Gasteiger partial charge is 0.497 e. The third-order valence-corrected chi connectivity index (χ3v) is 3.48. The van der Waals surface area contributed by atoms with Gasteiger partial charge in [-0.1, -0.05) is 0 Å². The first-order valence-corrected chi connectivity index (χ1v) is 6.34. The highest BCUT2D eigenvalue weighted by molar-refractivity contribution is 5.92. The van der Waals surface area contributed by atoms with Crippen molar-refractivity contribution >= 4 is 11.7 Å². The highest BCUT2D eigenvalue weighted by Gasteiger charge is 2.41. The van der Waals surface area contributed by atoms with Crippen molar-refractivity contribution in [3.05, 3.63) is 18.2 Å². The summed E-state index contributed by atoms with van der Waals surface area (Å²) in [4.78, 5) is 13.8. The van der Waals surface area contributed by atoms with E-state index in [1.54, 1.807) is 44.4 Å². The molecular formula is C14H20N2O4. The van der Waals surface area contributed by atoms with E-state index in [0.29, 0.717) is 30.3 Å². The molecule has 1 N–H and O–H groups in total. The number of carbonyl (C=O) groups is 1. The molecule has 110 valence electrons. The van der Waals surface area contributed by atoms with Gasteiger partial charge in [0.1, 0.15) is 17.1 Å². The van der Waals surface area contributed by atoms with Crippen LogP contribution >= 0.6 is 0 Å². The second kappa shape index (κ2) is 5.58. The van der Waals surface area contributed by atoms with Gasteiger partial charge in [0.25, 0.3) is 0 Å². The fourth-order valence-corrected chi connectivity index (χ4v) is 2.14. The van der Waals surface area contributed by atoms with Gasteiger partial charge in [-0.15, -0.1) is 0 Å². The Morgan fingerprint density at radius 3 is 2.50 bits per heavy atom. The van der Waals surface area contributed by atoms with Crippen LogP contribution in [0.2, 0.25) is 0 Å². The molecule has 0 aliphatic carbocycles. The second-order valence-electron chi connectivity index (χ2n) is 5.01. The molecule has 1 aliphatic rings. The van der Waals surface area contributed by atoms with Crippen LogP contribution in [0.1, 0.15) is 6.92 Å². The summed E-state index contributed by atoms with van der Waals surface area (Å²) in [7, 11) is 4.79. The lowest BCUT2D eigenvalue weighted by atomic mass is 9.97. The average Bonchev–Trinajstić information content (AvgIpc) is 2.43. The van der Waals surface area contributed by atoms with Gasteiger partial charge in [0, 0.05) is 13.2 Å². The maximum atomic E-state index is 12.1. The van der Waals surface area contributed by atoms with Crippen LogP contribution in [0, 0.1) is 0 Å². The van der Waals surface area contributed by atoms with E-state index < -0.39 is 0 Å². The maximum Gasteiger partial charge on any atom is 0.322 e. The number of benzene rings is 1.